The normalized spacial score (nSPS) is 16.1. The Morgan fingerprint density at radius 2 is 1.80 bits per heavy atom. The van der Waals surface area contributed by atoms with Crippen LogP contribution >= 0.6 is 0 Å². The third-order valence-electron chi connectivity index (χ3n) is 6.40. The fraction of sp³-hybridized carbons (Fsp3) is 0.346. The Hall–Kier alpha value is -3.72. The SMILES string of the molecule is Cc1cccc(F)c1NC(=O)c1cnc(Nc2ccc(N3CCN(C)CC3)cc2)nc1NC1CC1. The number of benzene rings is 2. The zero-order valence-electron chi connectivity index (χ0n) is 20.0. The fourth-order valence-electron chi connectivity index (χ4n) is 4.06. The number of nitrogens with zero attached hydrogens (tertiary/aromatic N) is 4. The molecule has 0 bridgehead atoms. The lowest BCUT2D eigenvalue weighted by atomic mass is 10.2. The third kappa shape index (κ3) is 5.51. The van der Waals surface area contributed by atoms with Gasteiger partial charge in [-0.2, -0.15) is 4.98 Å². The van der Waals surface area contributed by atoms with Crippen molar-refractivity contribution in [3.8, 4) is 0 Å². The van der Waals surface area contributed by atoms with Gasteiger partial charge in [-0.05, 0) is 62.7 Å². The lowest BCUT2D eigenvalue weighted by molar-refractivity contribution is 0.102. The van der Waals surface area contributed by atoms with E-state index in [4.69, 9.17) is 0 Å². The number of hydrogen-bond donors (Lipinski definition) is 3. The minimum Gasteiger partial charge on any atom is -0.369 e. The first-order valence-corrected chi connectivity index (χ1v) is 12.0. The molecular weight excluding hydrogens is 445 g/mol. The second-order valence-electron chi connectivity index (χ2n) is 9.22. The van der Waals surface area contributed by atoms with Crippen molar-refractivity contribution in [3.05, 3.63) is 65.6 Å². The van der Waals surface area contributed by atoms with Crippen LogP contribution in [0.15, 0.2) is 48.7 Å². The molecule has 182 valence electrons. The molecule has 9 heteroatoms. The van der Waals surface area contributed by atoms with Gasteiger partial charge >= 0.3 is 0 Å². The number of aromatic nitrogens is 2. The van der Waals surface area contributed by atoms with Crippen LogP contribution in [-0.2, 0) is 0 Å². The second-order valence-corrected chi connectivity index (χ2v) is 9.22. The summed E-state index contributed by atoms with van der Waals surface area (Å²) in [7, 11) is 2.15. The standard InChI is InChI=1S/C26H30FN7O/c1-17-4-3-5-22(27)23(17)31-25(35)21-16-28-26(32-24(21)29-18-6-7-18)30-19-8-10-20(11-9-19)34-14-12-33(2)13-15-34/h3-5,8-11,16,18H,6-7,12-15H2,1-2H3,(H,31,35)(H2,28,29,30,32). The van der Waals surface area contributed by atoms with Crippen molar-refractivity contribution in [1.29, 1.82) is 0 Å². The van der Waals surface area contributed by atoms with E-state index in [-0.39, 0.29) is 17.3 Å². The lowest BCUT2D eigenvalue weighted by Gasteiger charge is -2.34. The van der Waals surface area contributed by atoms with Crippen molar-refractivity contribution in [2.45, 2.75) is 25.8 Å². The van der Waals surface area contributed by atoms with E-state index in [1.165, 1.54) is 18.0 Å². The predicted molar refractivity (Wildman–Crippen MR) is 137 cm³/mol. The Balaban J connectivity index is 1.32. The number of rotatable bonds is 7. The van der Waals surface area contributed by atoms with E-state index in [0.29, 0.717) is 17.3 Å². The summed E-state index contributed by atoms with van der Waals surface area (Å²) in [5, 5.41) is 9.21. The first-order chi connectivity index (χ1) is 17.0. The largest absolute Gasteiger partial charge is 0.369 e. The van der Waals surface area contributed by atoms with Gasteiger partial charge in [0.15, 0.2) is 0 Å². The molecule has 1 saturated heterocycles. The molecule has 1 amide bonds. The summed E-state index contributed by atoms with van der Waals surface area (Å²) >= 11 is 0. The van der Waals surface area contributed by atoms with Crippen molar-refractivity contribution in [1.82, 2.24) is 14.9 Å². The number of anilines is 5. The second kappa shape index (κ2) is 9.87. The van der Waals surface area contributed by atoms with E-state index >= 15 is 0 Å². The van der Waals surface area contributed by atoms with Gasteiger partial charge < -0.3 is 25.8 Å². The Bertz CT molecular complexity index is 1180. The van der Waals surface area contributed by atoms with Gasteiger partial charge in [-0.3, -0.25) is 4.79 Å². The molecule has 5 rings (SSSR count). The minimum absolute atomic E-state index is 0.164. The highest BCUT2D eigenvalue weighted by Gasteiger charge is 2.25. The molecule has 1 saturated carbocycles. The van der Waals surface area contributed by atoms with Crippen molar-refractivity contribution < 1.29 is 9.18 Å². The Kier molecular flexibility index (Phi) is 6.50. The molecule has 1 aliphatic carbocycles. The van der Waals surface area contributed by atoms with Crippen LogP contribution in [0.2, 0.25) is 0 Å². The van der Waals surface area contributed by atoms with Gasteiger partial charge in [0.2, 0.25) is 5.95 Å². The summed E-state index contributed by atoms with van der Waals surface area (Å²) < 4.78 is 14.2. The molecule has 0 spiro atoms. The molecule has 2 fully saturated rings. The maximum absolute atomic E-state index is 14.2. The molecule has 2 aliphatic rings. The summed E-state index contributed by atoms with van der Waals surface area (Å²) in [6.07, 6.45) is 3.52. The molecule has 3 N–H and O–H groups in total. The summed E-state index contributed by atoms with van der Waals surface area (Å²) in [5.74, 6) is -0.108. The molecule has 0 radical (unpaired) electrons. The zero-order valence-corrected chi connectivity index (χ0v) is 20.0. The monoisotopic (exact) mass is 475 g/mol. The highest BCUT2D eigenvalue weighted by molar-refractivity contribution is 6.07. The maximum Gasteiger partial charge on any atom is 0.261 e. The van der Waals surface area contributed by atoms with E-state index in [2.05, 4.69) is 54.9 Å². The molecule has 35 heavy (non-hydrogen) atoms. The highest BCUT2D eigenvalue weighted by atomic mass is 19.1. The van der Waals surface area contributed by atoms with Crippen molar-refractivity contribution in [2.75, 3.05) is 54.1 Å². The molecular formula is C26H30FN7O. The number of halogens is 1. The molecule has 3 aromatic rings. The van der Waals surface area contributed by atoms with Crippen molar-refractivity contribution in [3.63, 3.8) is 0 Å². The van der Waals surface area contributed by atoms with Crippen LogP contribution in [0.5, 0.6) is 0 Å². The predicted octanol–water partition coefficient (Wildman–Crippen LogP) is 4.25. The van der Waals surface area contributed by atoms with Gasteiger partial charge in [0, 0.05) is 49.8 Å². The molecule has 1 aliphatic heterocycles. The first kappa shape index (κ1) is 23.0. The molecule has 2 heterocycles. The number of nitrogens with one attached hydrogen (secondary N) is 3. The number of hydrogen-bond acceptors (Lipinski definition) is 7. The van der Waals surface area contributed by atoms with Crippen LogP contribution in [-0.4, -0.2) is 60.0 Å². The van der Waals surface area contributed by atoms with Gasteiger partial charge in [0.1, 0.15) is 17.2 Å². The van der Waals surface area contributed by atoms with Crippen LogP contribution in [0.4, 0.5) is 33.2 Å². The number of amides is 1. The van der Waals surface area contributed by atoms with Gasteiger partial charge in [-0.1, -0.05) is 12.1 Å². The van der Waals surface area contributed by atoms with Crippen LogP contribution in [0, 0.1) is 12.7 Å². The molecule has 1 aromatic heterocycles. The molecule has 0 unspecified atom stereocenters. The molecule has 8 nitrogen and oxygen atoms in total. The number of piperazine rings is 1. The number of carbonyl (C=O) groups is 1. The summed E-state index contributed by atoms with van der Waals surface area (Å²) in [4.78, 5) is 26.6. The number of likely N-dealkylation sites (N-methyl/N-ethyl adjacent to an activating group) is 1. The van der Waals surface area contributed by atoms with Crippen LogP contribution in [0.3, 0.4) is 0 Å². The van der Waals surface area contributed by atoms with E-state index in [1.807, 2.05) is 12.1 Å². The van der Waals surface area contributed by atoms with Gasteiger partial charge in [-0.15, -0.1) is 0 Å². The quantitative estimate of drug-likeness (QED) is 0.471. The van der Waals surface area contributed by atoms with E-state index in [1.54, 1.807) is 19.1 Å². The van der Waals surface area contributed by atoms with Gasteiger partial charge in [0.05, 0.1) is 5.69 Å². The molecule has 0 atom stereocenters. The topological polar surface area (TPSA) is 85.4 Å². The molecule has 2 aromatic carbocycles. The average Bonchev–Trinajstić information content (AvgIpc) is 3.67. The smallest absolute Gasteiger partial charge is 0.261 e. The van der Waals surface area contributed by atoms with Gasteiger partial charge in [-0.25, -0.2) is 9.37 Å². The highest BCUT2D eigenvalue weighted by Crippen LogP contribution is 2.28. The van der Waals surface area contributed by atoms with E-state index < -0.39 is 11.7 Å². The van der Waals surface area contributed by atoms with Crippen molar-refractivity contribution >= 4 is 34.7 Å². The van der Waals surface area contributed by atoms with Crippen LogP contribution in [0.25, 0.3) is 0 Å². The van der Waals surface area contributed by atoms with Crippen LogP contribution in [0.1, 0.15) is 28.8 Å². The number of aryl methyl sites for hydroxylation is 1. The summed E-state index contributed by atoms with van der Waals surface area (Å²) in [5.41, 5.74) is 3.14. The number of para-hydroxylation sites is 1. The Labute approximate surface area is 204 Å². The van der Waals surface area contributed by atoms with E-state index in [9.17, 15) is 9.18 Å². The van der Waals surface area contributed by atoms with E-state index in [0.717, 1.165) is 44.7 Å². The lowest BCUT2D eigenvalue weighted by Crippen LogP contribution is -2.44. The zero-order chi connectivity index (χ0) is 24.4. The fourth-order valence-corrected chi connectivity index (χ4v) is 4.06. The maximum atomic E-state index is 14.2. The average molecular weight is 476 g/mol. The Morgan fingerprint density at radius 3 is 2.49 bits per heavy atom. The Morgan fingerprint density at radius 1 is 1.06 bits per heavy atom. The summed E-state index contributed by atoms with van der Waals surface area (Å²) in [6.45, 7) is 5.89. The van der Waals surface area contributed by atoms with Crippen LogP contribution < -0.4 is 20.9 Å². The first-order valence-electron chi connectivity index (χ1n) is 12.0. The van der Waals surface area contributed by atoms with Crippen molar-refractivity contribution in [2.24, 2.45) is 0 Å². The third-order valence-corrected chi connectivity index (χ3v) is 6.40. The van der Waals surface area contributed by atoms with Gasteiger partial charge in [0.25, 0.3) is 5.91 Å². The number of carbonyl (C=O) groups excluding carboxylic acids is 1. The minimum atomic E-state index is -0.478. The summed E-state index contributed by atoms with van der Waals surface area (Å²) in [6, 6.07) is 13.2.